The molecular formula is C12H19N3O. The Bertz CT molecular complexity index is 395. The lowest BCUT2D eigenvalue weighted by Gasteiger charge is -2.24. The molecular weight excluding hydrogens is 202 g/mol. The van der Waals surface area contributed by atoms with Gasteiger partial charge in [0, 0.05) is 30.9 Å². The first-order chi connectivity index (χ1) is 7.59. The third-order valence-corrected chi connectivity index (χ3v) is 2.90. The molecule has 16 heavy (non-hydrogen) atoms. The molecule has 0 saturated carbocycles. The van der Waals surface area contributed by atoms with E-state index in [9.17, 15) is 4.79 Å². The van der Waals surface area contributed by atoms with E-state index < -0.39 is 0 Å². The van der Waals surface area contributed by atoms with Gasteiger partial charge in [-0.3, -0.25) is 4.79 Å². The van der Waals surface area contributed by atoms with E-state index in [1.165, 1.54) is 5.69 Å². The molecule has 4 heteroatoms. The van der Waals surface area contributed by atoms with E-state index >= 15 is 0 Å². The number of rotatable bonds is 2. The highest BCUT2D eigenvalue weighted by Crippen LogP contribution is 2.20. The summed E-state index contributed by atoms with van der Waals surface area (Å²) in [6.07, 6.45) is 0. The van der Waals surface area contributed by atoms with Gasteiger partial charge in [0.1, 0.15) is 5.69 Å². The van der Waals surface area contributed by atoms with E-state index in [0.717, 1.165) is 18.8 Å². The minimum atomic E-state index is 0.0235. The van der Waals surface area contributed by atoms with Crippen LogP contribution in [0, 0.1) is 0 Å². The van der Waals surface area contributed by atoms with Gasteiger partial charge in [0.15, 0.2) is 0 Å². The Kier molecular flexibility index (Phi) is 3.01. The number of carbonyl (C=O) groups is 1. The van der Waals surface area contributed by atoms with Gasteiger partial charge in [0.2, 0.25) is 0 Å². The van der Waals surface area contributed by atoms with Crippen LogP contribution in [0.25, 0.3) is 0 Å². The van der Waals surface area contributed by atoms with Crippen LogP contribution in [-0.4, -0.2) is 23.1 Å². The number of nitrogens with one attached hydrogen (secondary N) is 2. The van der Waals surface area contributed by atoms with Gasteiger partial charge in [0.05, 0.1) is 0 Å². The number of carbonyl (C=O) groups excluding carboxylic acids is 1. The van der Waals surface area contributed by atoms with Crippen molar-refractivity contribution in [1.29, 1.82) is 0 Å². The monoisotopic (exact) mass is 221 g/mol. The predicted octanol–water partition coefficient (Wildman–Crippen LogP) is 1.29. The third kappa shape index (κ3) is 1.97. The van der Waals surface area contributed by atoms with E-state index in [1.54, 1.807) is 0 Å². The first kappa shape index (κ1) is 11.2. The van der Waals surface area contributed by atoms with Gasteiger partial charge in [-0.05, 0) is 32.9 Å². The minimum Gasteiger partial charge on any atom is -0.349 e. The zero-order valence-corrected chi connectivity index (χ0v) is 10.1. The van der Waals surface area contributed by atoms with Gasteiger partial charge in [-0.2, -0.15) is 0 Å². The standard InChI is InChI=1S/C12H19N3O/c1-8(2)14-12(16)11-5-4-10-9(3)13-6-7-15(10)11/h4-5,8-9,13H,6-7H2,1-3H3,(H,14,16)/t9-/m1/s1. The van der Waals surface area contributed by atoms with Crippen LogP contribution in [-0.2, 0) is 6.54 Å². The number of fused-ring (bicyclic) bond motifs is 1. The molecule has 88 valence electrons. The summed E-state index contributed by atoms with van der Waals surface area (Å²) >= 11 is 0. The number of amides is 1. The average Bonchev–Trinajstić information content (AvgIpc) is 2.61. The van der Waals surface area contributed by atoms with Gasteiger partial charge in [-0.15, -0.1) is 0 Å². The van der Waals surface area contributed by atoms with Crippen LogP contribution in [0.1, 0.15) is 43.0 Å². The van der Waals surface area contributed by atoms with Crippen molar-refractivity contribution >= 4 is 5.91 Å². The molecule has 2 N–H and O–H groups in total. The summed E-state index contributed by atoms with van der Waals surface area (Å²) in [4.78, 5) is 11.9. The summed E-state index contributed by atoms with van der Waals surface area (Å²) in [6, 6.07) is 4.45. The summed E-state index contributed by atoms with van der Waals surface area (Å²) in [5.74, 6) is 0.0235. The molecule has 1 atom stereocenters. The number of hydrogen-bond acceptors (Lipinski definition) is 2. The van der Waals surface area contributed by atoms with Crippen molar-refractivity contribution in [3.8, 4) is 0 Å². The zero-order chi connectivity index (χ0) is 11.7. The molecule has 1 amide bonds. The van der Waals surface area contributed by atoms with E-state index in [-0.39, 0.29) is 11.9 Å². The first-order valence-corrected chi connectivity index (χ1v) is 5.83. The molecule has 0 aromatic carbocycles. The van der Waals surface area contributed by atoms with Crippen LogP contribution in [0.3, 0.4) is 0 Å². The van der Waals surface area contributed by atoms with Gasteiger partial charge in [-0.25, -0.2) is 0 Å². The lowest BCUT2D eigenvalue weighted by atomic mass is 10.2. The maximum atomic E-state index is 11.9. The highest BCUT2D eigenvalue weighted by Gasteiger charge is 2.21. The Balaban J connectivity index is 2.26. The fourth-order valence-corrected chi connectivity index (χ4v) is 2.14. The highest BCUT2D eigenvalue weighted by molar-refractivity contribution is 5.93. The predicted molar refractivity (Wildman–Crippen MR) is 63.5 cm³/mol. The van der Waals surface area contributed by atoms with E-state index in [1.807, 2.05) is 26.0 Å². The largest absolute Gasteiger partial charge is 0.349 e. The van der Waals surface area contributed by atoms with Crippen molar-refractivity contribution in [2.75, 3.05) is 6.54 Å². The second-order valence-corrected chi connectivity index (χ2v) is 4.60. The molecule has 0 aliphatic carbocycles. The molecule has 0 fully saturated rings. The van der Waals surface area contributed by atoms with Crippen LogP contribution in [0.5, 0.6) is 0 Å². The van der Waals surface area contributed by atoms with Crippen molar-refractivity contribution in [2.45, 2.75) is 39.4 Å². The first-order valence-electron chi connectivity index (χ1n) is 5.83. The van der Waals surface area contributed by atoms with Crippen molar-refractivity contribution < 1.29 is 4.79 Å². The highest BCUT2D eigenvalue weighted by atomic mass is 16.2. The summed E-state index contributed by atoms with van der Waals surface area (Å²) in [5, 5.41) is 6.31. The second-order valence-electron chi connectivity index (χ2n) is 4.60. The molecule has 1 aliphatic heterocycles. The summed E-state index contributed by atoms with van der Waals surface area (Å²) in [6.45, 7) is 7.86. The fraction of sp³-hybridized carbons (Fsp3) is 0.583. The lowest BCUT2D eigenvalue weighted by Crippen LogP contribution is -2.36. The molecule has 0 radical (unpaired) electrons. The Morgan fingerprint density at radius 2 is 2.31 bits per heavy atom. The van der Waals surface area contributed by atoms with Gasteiger partial charge < -0.3 is 15.2 Å². The molecule has 4 nitrogen and oxygen atoms in total. The van der Waals surface area contributed by atoms with Crippen LogP contribution in [0.4, 0.5) is 0 Å². The summed E-state index contributed by atoms with van der Waals surface area (Å²) in [5.41, 5.74) is 1.97. The SMILES string of the molecule is CC(C)NC(=O)c1ccc2n1CCN[C@@H]2C. The number of nitrogens with zero attached hydrogens (tertiary/aromatic N) is 1. The van der Waals surface area contributed by atoms with Crippen LogP contribution in [0.2, 0.25) is 0 Å². The molecule has 0 bridgehead atoms. The number of aromatic nitrogens is 1. The summed E-state index contributed by atoms with van der Waals surface area (Å²) in [7, 11) is 0. The average molecular weight is 221 g/mol. The lowest BCUT2D eigenvalue weighted by molar-refractivity contribution is 0.0932. The maximum absolute atomic E-state index is 11.9. The molecule has 1 aliphatic rings. The van der Waals surface area contributed by atoms with Gasteiger partial charge >= 0.3 is 0 Å². The molecule has 0 saturated heterocycles. The molecule has 0 unspecified atom stereocenters. The van der Waals surface area contributed by atoms with E-state index in [4.69, 9.17) is 0 Å². The normalized spacial score (nSPS) is 19.6. The fourth-order valence-electron chi connectivity index (χ4n) is 2.14. The second kappa shape index (κ2) is 4.29. The summed E-state index contributed by atoms with van der Waals surface area (Å²) < 4.78 is 2.11. The molecule has 2 rings (SSSR count). The molecule has 2 heterocycles. The minimum absolute atomic E-state index is 0.0235. The van der Waals surface area contributed by atoms with Crippen LogP contribution < -0.4 is 10.6 Å². The Labute approximate surface area is 96.0 Å². The van der Waals surface area contributed by atoms with Crippen LogP contribution in [0.15, 0.2) is 12.1 Å². The van der Waals surface area contributed by atoms with Crippen LogP contribution >= 0.6 is 0 Å². The Morgan fingerprint density at radius 3 is 3.00 bits per heavy atom. The third-order valence-electron chi connectivity index (χ3n) is 2.90. The molecule has 0 spiro atoms. The van der Waals surface area contributed by atoms with Crippen molar-refractivity contribution in [1.82, 2.24) is 15.2 Å². The number of hydrogen-bond donors (Lipinski definition) is 2. The topological polar surface area (TPSA) is 46.1 Å². The van der Waals surface area contributed by atoms with Crippen molar-refractivity contribution in [3.05, 3.63) is 23.5 Å². The zero-order valence-electron chi connectivity index (χ0n) is 10.1. The van der Waals surface area contributed by atoms with Crippen molar-refractivity contribution in [2.24, 2.45) is 0 Å². The Morgan fingerprint density at radius 1 is 1.56 bits per heavy atom. The van der Waals surface area contributed by atoms with E-state index in [0.29, 0.717) is 6.04 Å². The van der Waals surface area contributed by atoms with Crippen molar-refractivity contribution in [3.63, 3.8) is 0 Å². The quantitative estimate of drug-likeness (QED) is 0.790. The molecule has 1 aromatic heterocycles. The van der Waals surface area contributed by atoms with Gasteiger partial charge in [-0.1, -0.05) is 0 Å². The Hall–Kier alpha value is -1.29. The maximum Gasteiger partial charge on any atom is 0.268 e. The van der Waals surface area contributed by atoms with Gasteiger partial charge in [0.25, 0.3) is 5.91 Å². The van der Waals surface area contributed by atoms with E-state index in [2.05, 4.69) is 22.1 Å². The smallest absolute Gasteiger partial charge is 0.268 e. The molecule has 1 aromatic rings.